The van der Waals surface area contributed by atoms with Crippen LogP contribution in [0, 0.1) is 0 Å². The summed E-state index contributed by atoms with van der Waals surface area (Å²) in [5.41, 5.74) is 7.19. The average Bonchev–Trinajstić information content (AvgIpc) is 2.47. The first kappa shape index (κ1) is 12.4. The number of aliphatic hydroxyl groups excluding tert-OH is 1. The number of aromatic nitrogens is 2. The van der Waals surface area contributed by atoms with Crippen LogP contribution in [0.1, 0.15) is 5.56 Å². The lowest BCUT2D eigenvalue weighted by Gasteiger charge is -2.09. The zero-order valence-electron chi connectivity index (χ0n) is 10.7. The molecule has 2 aromatic carbocycles. The first-order chi connectivity index (χ1) is 9.76. The van der Waals surface area contributed by atoms with E-state index in [-0.39, 0.29) is 12.6 Å². The molecule has 0 saturated carbocycles. The number of aliphatic hydroxyl groups is 1. The van der Waals surface area contributed by atoms with E-state index < -0.39 is 0 Å². The van der Waals surface area contributed by atoms with Gasteiger partial charge in [-0.05, 0) is 29.8 Å². The first-order valence-electron chi connectivity index (χ1n) is 6.16. The number of rotatable bonds is 3. The van der Waals surface area contributed by atoms with Crippen LogP contribution in [0.2, 0.25) is 0 Å². The number of benzene rings is 2. The van der Waals surface area contributed by atoms with Gasteiger partial charge in [-0.1, -0.05) is 24.3 Å². The fourth-order valence-electron chi connectivity index (χ4n) is 1.96. The lowest BCUT2D eigenvalue weighted by Crippen LogP contribution is -1.98. The predicted octanol–water partition coefficient (Wildman–Crippen LogP) is 2.50. The fourth-order valence-corrected chi connectivity index (χ4v) is 1.96. The number of fused-ring (bicyclic) bond motifs is 1. The number of nitrogens with zero attached hydrogens (tertiary/aromatic N) is 2. The molecule has 1 heterocycles. The van der Waals surface area contributed by atoms with Gasteiger partial charge in [0.1, 0.15) is 5.75 Å². The second-order valence-electron chi connectivity index (χ2n) is 4.31. The molecule has 0 unspecified atom stereocenters. The average molecular weight is 267 g/mol. The number of nitrogen functional groups attached to an aromatic ring is 1. The highest BCUT2D eigenvalue weighted by Gasteiger charge is 2.08. The summed E-state index contributed by atoms with van der Waals surface area (Å²) < 4.78 is 5.77. The number of nitrogens with two attached hydrogens (primary N) is 1. The Labute approximate surface area is 115 Å². The molecule has 0 amide bonds. The molecule has 0 aliphatic carbocycles. The van der Waals surface area contributed by atoms with E-state index in [9.17, 15) is 0 Å². The molecule has 20 heavy (non-hydrogen) atoms. The smallest absolute Gasteiger partial charge is 0.231 e. The second kappa shape index (κ2) is 5.14. The summed E-state index contributed by atoms with van der Waals surface area (Å²) in [7, 11) is 0. The minimum absolute atomic E-state index is 0.0378. The molecule has 0 radical (unpaired) electrons. The van der Waals surface area contributed by atoms with Gasteiger partial charge in [-0.25, -0.2) is 4.98 Å². The summed E-state index contributed by atoms with van der Waals surface area (Å²) in [6.07, 6.45) is 0. The van der Waals surface area contributed by atoms with Gasteiger partial charge in [-0.15, -0.1) is 0 Å². The number of anilines is 1. The summed E-state index contributed by atoms with van der Waals surface area (Å²) in [6.45, 7) is -0.0378. The van der Waals surface area contributed by atoms with Crippen LogP contribution < -0.4 is 10.5 Å². The second-order valence-corrected chi connectivity index (χ2v) is 4.31. The number of hydrogen-bond donors (Lipinski definition) is 2. The van der Waals surface area contributed by atoms with E-state index in [1.54, 1.807) is 12.1 Å². The molecule has 3 N–H and O–H groups in total. The predicted molar refractivity (Wildman–Crippen MR) is 76.4 cm³/mol. The molecular formula is C15H13N3O2. The summed E-state index contributed by atoms with van der Waals surface area (Å²) in [4.78, 5) is 8.29. The van der Waals surface area contributed by atoms with Crippen molar-refractivity contribution in [3.8, 4) is 11.6 Å². The molecule has 0 aliphatic heterocycles. The zero-order valence-corrected chi connectivity index (χ0v) is 10.7. The fraction of sp³-hybridized carbons (Fsp3) is 0.0667. The van der Waals surface area contributed by atoms with Crippen molar-refractivity contribution in [2.75, 3.05) is 5.73 Å². The summed E-state index contributed by atoms with van der Waals surface area (Å²) >= 11 is 0. The van der Waals surface area contributed by atoms with Gasteiger partial charge in [-0.2, -0.15) is 4.98 Å². The third-order valence-electron chi connectivity index (χ3n) is 2.88. The Kier molecular flexibility index (Phi) is 3.18. The molecule has 0 fully saturated rings. The van der Waals surface area contributed by atoms with Crippen molar-refractivity contribution >= 4 is 16.9 Å². The molecule has 1 aromatic heterocycles. The highest BCUT2D eigenvalue weighted by atomic mass is 16.5. The molecule has 5 heteroatoms. The van der Waals surface area contributed by atoms with E-state index in [0.29, 0.717) is 11.6 Å². The van der Waals surface area contributed by atoms with Gasteiger partial charge in [-0.3, -0.25) is 0 Å². The largest absolute Gasteiger partial charge is 0.438 e. The Bertz CT molecular complexity index is 759. The van der Waals surface area contributed by atoms with Crippen molar-refractivity contribution in [1.82, 2.24) is 9.97 Å². The van der Waals surface area contributed by atoms with Crippen molar-refractivity contribution in [2.24, 2.45) is 0 Å². The standard InChI is InChI=1S/C15H13N3O2/c16-15-17-13-7-2-1-6-12(13)14(18-15)20-11-5-3-4-10(8-11)9-19/h1-8,19H,9H2,(H2,16,17,18). The van der Waals surface area contributed by atoms with Crippen LogP contribution in [-0.4, -0.2) is 15.1 Å². The van der Waals surface area contributed by atoms with Crippen LogP contribution in [0.4, 0.5) is 5.95 Å². The van der Waals surface area contributed by atoms with E-state index >= 15 is 0 Å². The Hall–Kier alpha value is -2.66. The lowest BCUT2D eigenvalue weighted by atomic mass is 10.2. The van der Waals surface area contributed by atoms with E-state index in [1.165, 1.54) is 0 Å². The molecule has 0 saturated heterocycles. The van der Waals surface area contributed by atoms with Crippen molar-refractivity contribution in [2.45, 2.75) is 6.61 Å². The highest BCUT2D eigenvalue weighted by molar-refractivity contribution is 5.84. The van der Waals surface area contributed by atoms with Gasteiger partial charge in [0.2, 0.25) is 11.8 Å². The van der Waals surface area contributed by atoms with E-state index in [1.807, 2.05) is 36.4 Å². The van der Waals surface area contributed by atoms with Crippen molar-refractivity contribution in [3.63, 3.8) is 0 Å². The van der Waals surface area contributed by atoms with Crippen LogP contribution in [0.5, 0.6) is 11.6 Å². The first-order valence-corrected chi connectivity index (χ1v) is 6.16. The van der Waals surface area contributed by atoms with Crippen molar-refractivity contribution in [3.05, 3.63) is 54.1 Å². The molecule has 100 valence electrons. The maximum absolute atomic E-state index is 9.14. The Morgan fingerprint density at radius 3 is 2.75 bits per heavy atom. The van der Waals surface area contributed by atoms with E-state index in [4.69, 9.17) is 15.6 Å². The molecule has 0 atom stereocenters. The Morgan fingerprint density at radius 1 is 1.05 bits per heavy atom. The van der Waals surface area contributed by atoms with Crippen molar-refractivity contribution < 1.29 is 9.84 Å². The maximum Gasteiger partial charge on any atom is 0.231 e. The number of para-hydroxylation sites is 1. The summed E-state index contributed by atoms with van der Waals surface area (Å²) in [6, 6.07) is 14.7. The minimum Gasteiger partial charge on any atom is -0.438 e. The van der Waals surface area contributed by atoms with Gasteiger partial charge in [0, 0.05) is 0 Å². The number of hydrogen-bond acceptors (Lipinski definition) is 5. The molecule has 0 spiro atoms. The van der Waals surface area contributed by atoms with Crippen LogP contribution in [0.15, 0.2) is 48.5 Å². The topological polar surface area (TPSA) is 81.3 Å². The van der Waals surface area contributed by atoms with E-state index in [2.05, 4.69) is 9.97 Å². The zero-order chi connectivity index (χ0) is 13.9. The lowest BCUT2D eigenvalue weighted by molar-refractivity contribution is 0.281. The van der Waals surface area contributed by atoms with Crippen LogP contribution in [0.25, 0.3) is 10.9 Å². The van der Waals surface area contributed by atoms with Crippen LogP contribution in [-0.2, 0) is 6.61 Å². The van der Waals surface area contributed by atoms with Gasteiger partial charge < -0.3 is 15.6 Å². The SMILES string of the molecule is Nc1nc(Oc2cccc(CO)c2)c2ccccc2n1. The van der Waals surface area contributed by atoms with Crippen LogP contribution in [0.3, 0.4) is 0 Å². The normalized spacial score (nSPS) is 10.7. The van der Waals surface area contributed by atoms with Crippen molar-refractivity contribution in [1.29, 1.82) is 0 Å². The monoisotopic (exact) mass is 267 g/mol. The molecule has 0 bridgehead atoms. The number of ether oxygens (including phenoxy) is 1. The summed E-state index contributed by atoms with van der Waals surface area (Å²) in [5, 5.41) is 9.93. The third-order valence-corrected chi connectivity index (χ3v) is 2.88. The molecule has 3 aromatic rings. The van der Waals surface area contributed by atoms with Gasteiger partial charge in [0.15, 0.2) is 0 Å². The minimum atomic E-state index is -0.0378. The molecule has 5 nitrogen and oxygen atoms in total. The molecular weight excluding hydrogens is 254 g/mol. The Morgan fingerprint density at radius 2 is 1.90 bits per heavy atom. The third kappa shape index (κ3) is 2.39. The maximum atomic E-state index is 9.14. The summed E-state index contributed by atoms with van der Waals surface area (Å²) in [5.74, 6) is 1.17. The molecule has 3 rings (SSSR count). The van der Waals surface area contributed by atoms with Gasteiger partial charge in [0.25, 0.3) is 0 Å². The quantitative estimate of drug-likeness (QED) is 0.762. The van der Waals surface area contributed by atoms with Crippen LogP contribution >= 0.6 is 0 Å². The van der Waals surface area contributed by atoms with Gasteiger partial charge in [0.05, 0.1) is 17.5 Å². The van der Waals surface area contributed by atoms with E-state index in [0.717, 1.165) is 16.5 Å². The molecule has 0 aliphatic rings. The van der Waals surface area contributed by atoms with Gasteiger partial charge >= 0.3 is 0 Å². The Balaban J connectivity index is 2.05. The highest BCUT2D eigenvalue weighted by Crippen LogP contribution is 2.28.